The quantitative estimate of drug-likeness (QED) is 0.266. The van der Waals surface area contributed by atoms with E-state index < -0.39 is 10.7 Å². The Bertz CT molecular complexity index is 1180. The number of pyridine rings is 1. The second-order valence-corrected chi connectivity index (χ2v) is 6.48. The van der Waals surface area contributed by atoms with E-state index in [0.717, 1.165) is 10.9 Å². The molecular formula is C18H9FN2O5S. The van der Waals surface area contributed by atoms with Crippen LogP contribution >= 0.6 is 11.3 Å². The van der Waals surface area contributed by atoms with E-state index in [4.69, 9.17) is 9.15 Å². The van der Waals surface area contributed by atoms with Gasteiger partial charge in [0.05, 0.1) is 26.1 Å². The Labute approximate surface area is 154 Å². The average molecular weight is 384 g/mol. The maximum absolute atomic E-state index is 14.1. The van der Waals surface area contributed by atoms with Crippen LogP contribution in [0.3, 0.4) is 0 Å². The number of rotatable bonds is 5. The molecule has 27 heavy (non-hydrogen) atoms. The van der Waals surface area contributed by atoms with Crippen molar-refractivity contribution in [2.24, 2.45) is 0 Å². The SMILES string of the molecule is O=Cc1ccc(-c2cc3nccc(Oc4ccc([N+](=O)[O-])cc4F)c3s2)o1. The first kappa shape index (κ1) is 16.9. The van der Waals surface area contributed by atoms with E-state index in [1.165, 1.54) is 29.7 Å². The highest BCUT2D eigenvalue weighted by atomic mass is 32.1. The number of aromatic nitrogens is 1. The normalized spacial score (nSPS) is 10.9. The Morgan fingerprint density at radius 3 is 2.74 bits per heavy atom. The number of carbonyl (C=O) groups excluding carboxylic acids is 1. The zero-order valence-electron chi connectivity index (χ0n) is 13.4. The molecule has 3 heterocycles. The van der Waals surface area contributed by atoms with Gasteiger partial charge in [0.1, 0.15) is 11.5 Å². The third-order valence-electron chi connectivity index (χ3n) is 3.71. The summed E-state index contributed by atoms with van der Waals surface area (Å²) in [7, 11) is 0. The van der Waals surface area contributed by atoms with E-state index in [1.807, 2.05) is 0 Å². The van der Waals surface area contributed by atoms with Crippen molar-refractivity contribution in [3.05, 3.63) is 70.4 Å². The number of ether oxygens (including phenoxy) is 1. The highest BCUT2D eigenvalue weighted by Crippen LogP contribution is 2.40. The molecule has 0 fully saturated rings. The summed E-state index contributed by atoms with van der Waals surface area (Å²) in [6.45, 7) is 0. The molecule has 0 aliphatic rings. The molecule has 4 aromatic rings. The number of halogens is 1. The van der Waals surface area contributed by atoms with Crippen LogP contribution < -0.4 is 4.74 Å². The predicted octanol–water partition coefficient (Wildman–Crippen LogP) is 5.21. The minimum atomic E-state index is -0.840. The molecule has 0 spiro atoms. The summed E-state index contributed by atoms with van der Waals surface area (Å²) in [5.41, 5.74) is 0.251. The number of nitro benzene ring substituents is 1. The largest absolute Gasteiger partial charge is 0.453 e. The van der Waals surface area contributed by atoms with Crippen LogP contribution in [0.5, 0.6) is 11.5 Å². The molecule has 0 atom stereocenters. The number of hydrogen-bond donors (Lipinski definition) is 0. The van der Waals surface area contributed by atoms with Crippen molar-refractivity contribution in [2.75, 3.05) is 0 Å². The van der Waals surface area contributed by atoms with Crippen LogP contribution in [-0.2, 0) is 0 Å². The number of thiophene rings is 1. The van der Waals surface area contributed by atoms with Crippen LogP contribution in [0.1, 0.15) is 10.6 Å². The summed E-state index contributed by atoms with van der Waals surface area (Å²) >= 11 is 1.31. The van der Waals surface area contributed by atoms with Gasteiger partial charge in [0.15, 0.2) is 23.6 Å². The third kappa shape index (κ3) is 3.15. The van der Waals surface area contributed by atoms with E-state index in [2.05, 4.69) is 4.98 Å². The van der Waals surface area contributed by atoms with Crippen molar-refractivity contribution in [1.29, 1.82) is 0 Å². The number of nitro groups is 1. The Kier molecular flexibility index (Phi) is 4.13. The number of carbonyl (C=O) groups is 1. The zero-order chi connectivity index (χ0) is 19.0. The highest BCUT2D eigenvalue weighted by molar-refractivity contribution is 7.22. The smallest absolute Gasteiger partial charge is 0.272 e. The lowest BCUT2D eigenvalue weighted by Gasteiger charge is -2.07. The van der Waals surface area contributed by atoms with Crippen LogP contribution in [0.25, 0.3) is 20.9 Å². The Morgan fingerprint density at radius 1 is 1.19 bits per heavy atom. The van der Waals surface area contributed by atoms with Gasteiger partial charge in [-0.3, -0.25) is 19.9 Å². The predicted molar refractivity (Wildman–Crippen MR) is 95.8 cm³/mol. The van der Waals surface area contributed by atoms with Gasteiger partial charge in [-0.15, -0.1) is 11.3 Å². The van der Waals surface area contributed by atoms with Crippen LogP contribution in [0, 0.1) is 15.9 Å². The monoisotopic (exact) mass is 384 g/mol. The van der Waals surface area contributed by atoms with Crippen LogP contribution in [0.4, 0.5) is 10.1 Å². The zero-order valence-corrected chi connectivity index (χ0v) is 14.2. The number of nitrogens with zero attached hydrogens (tertiary/aromatic N) is 2. The number of aldehydes is 1. The second kappa shape index (κ2) is 6.61. The molecule has 0 N–H and O–H groups in total. The average Bonchev–Trinajstić information content (AvgIpc) is 3.30. The summed E-state index contributed by atoms with van der Waals surface area (Å²) in [6, 6.07) is 9.75. The molecule has 0 radical (unpaired) electrons. The van der Waals surface area contributed by atoms with E-state index in [1.54, 1.807) is 24.3 Å². The fraction of sp³-hybridized carbons (Fsp3) is 0. The third-order valence-corrected chi connectivity index (χ3v) is 4.86. The lowest BCUT2D eigenvalue weighted by Crippen LogP contribution is -1.92. The Hall–Kier alpha value is -3.59. The van der Waals surface area contributed by atoms with Gasteiger partial charge in [0, 0.05) is 18.3 Å². The van der Waals surface area contributed by atoms with Gasteiger partial charge in [-0.05, 0) is 24.3 Å². The van der Waals surface area contributed by atoms with E-state index >= 15 is 0 Å². The number of furan rings is 1. The molecule has 0 saturated carbocycles. The van der Waals surface area contributed by atoms with E-state index in [-0.39, 0.29) is 17.2 Å². The molecule has 134 valence electrons. The van der Waals surface area contributed by atoms with Crippen LogP contribution in [0.15, 0.2) is 53.1 Å². The summed E-state index contributed by atoms with van der Waals surface area (Å²) in [5, 5.41) is 10.7. The van der Waals surface area contributed by atoms with Gasteiger partial charge in [-0.25, -0.2) is 4.39 Å². The van der Waals surface area contributed by atoms with Crippen molar-refractivity contribution < 1.29 is 23.3 Å². The molecule has 0 bridgehead atoms. The summed E-state index contributed by atoms with van der Waals surface area (Å²) in [4.78, 5) is 25.8. The summed E-state index contributed by atoms with van der Waals surface area (Å²) in [6.07, 6.45) is 2.12. The number of non-ortho nitro benzene ring substituents is 1. The van der Waals surface area contributed by atoms with E-state index in [0.29, 0.717) is 28.0 Å². The maximum atomic E-state index is 14.1. The molecule has 0 saturated heterocycles. The molecule has 7 nitrogen and oxygen atoms in total. The first-order chi connectivity index (χ1) is 13.0. The van der Waals surface area contributed by atoms with Gasteiger partial charge in [0.25, 0.3) is 5.69 Å². The number of benzene rings is 1. The lowest BCUT2D eigenvalue weighted by molar-refractivity contribution is -0.385. The first-order valence-corrected chi connectivity index (χ1v) is 8.42. The minimum absolute atomic E-state index is 0.135. The Balaban J connectivity index is 1.72. The standard InChI is InChI=1S/C18H9FN2O5S/c19-12-7-10(21(23)24)1-3-14(12)26-16-5-6-20-13-8-17(27-18(13)16)15-4-2-11(9-22)25-15/h1-9H. The fourth-order valence-corrected chi connectivity index (χ4v) is 3.50. The van der Waals surface area contributed by atoms with E-state index in [9.17, 15) is 19.3 Å². The van der Waals surface area contributed by atoms with Gasteiger partial charge in [0.2, 0.25) is 0 Å². The summed E-state index contributed by atoms with van der Waals surface area (Å²) in [5.74, 6) is 0.0930. The topological polar surface area (TPSA) is 95.5 Å². The summed E-state index contributed by atoms with van der Waals surface area (Å²) < 4.78 is 25.8. The first-order valence-electron chi connectivity index (χ1n) is 7.61. The molecule has 0 aliphatic carbocycles. The Morgan fingerprint density at radius 2 is 2.04 bits per heavy atom. The highest BCUT2D eigenvalue weighted by Gasteiger charge is 2.16. The maximum Gasteiger partial charge on any atom is 0.272 e. The molecule has 3 aromatic heterocycles. The van der Waals surface area contributed by atoms with Gasteiger partial charge in [-0.2, -0.15) is 0 Å². The van der Waals surface area contributed by atoms with Crippen molar-refractivity contribution in [3.8, 4) is 22.1 Å². The molecule has 4 rings (SSSR count). The molecule has 1 aromatic carbocycles. The molecule has 9 heteroatoms. The fourth-order valence-electron chi connectivity index (χ4n) is 2.47. The number of hydrogen-bond acceptors (Lipinski definition) is 7. The van der Waals surface area contributed by atoms with Crippen LogP contribution in [0.2, 0.25) is 0 Å². The van der Waals surface area contributed by atoms with Gasteiger partial charge >= 0.3 is 0 Å². The number of fused-ring (bicyclic) bond motifs is 1. The van der Waals surface area contributed by atoms with Crippen molar-refractivity contribution >= 4 is 33.5 Å². The van der Waals surface area contributed by atoms with Gasteiger partial charge < -0.3 is 9.15 Å². The lowest BCUT2D eigenvalue weighted by atomic mass is 10.3. The molecule has 0 aliphatic heterocycles. The van der Waals surface area contributed by atoms with Gasteiger partial charge in [-0.1, -0.05) is 0 Å². The van der Waals surface area contributed by atoms with Crippen molar-refractivity contribution in [1.82, 2.24) is 4.98 Å². The molecule has 0 unspecified atom stereocenters. The van der Waals surface area contributed by atoms with Crippen molar-refractivity contribution in [2.45, 2.75) is 0 Å². The van der Waals surface area contributed by atoms with Crippen LogP contribution in [-0.4, -0.2) is 16.2 Å². The molecular weight excluding hydrogens is 375 g/mol. The molecule has 0 amide bonds. The second-order valence-electron chi connectivity index (χ2n) is 5.43. The van der Waals surface area contributed by atoms with Crippen molar-refractivity contribution in [3.63, 3.8) is 0 Å². The minimum Gasteiger partial charge on any atom is -0.453 e.